The molecule has 0 aliphatic heterocycles. The SMILES string of the molecule is CCCC(O)CNc1ccncc1C(=O)O. The van der Waals surface area contributed by atoms with E-state index in [1.54, 1.807) is 6.07 Å². The Hall–Kier alpha value is -1.62. The molecule has 0 fully saturated rings. The molecule has 0 aliphatic rings. The third-order valence-electron chi connectivity index (χ3n) is 2.20. The highest BCUT2D eigenvalue weighted by molar-refractivity contribution is 5.93. The van der Waals surface area contributed by atoms with Crippen molar-refractivity contribution in [2.24, 2.45) is 0 Å². The van der Waals surface area contributed by atoms with Gasteiger partial charge in [-0.3, -0.25) is 4.98 Å². The van der Waals surface area contributed by atoms with Gasteiger partial charge in [0.15, 0.2) is 0 Å². The summed E-state index contributed by atoms with van der Waals surface area (Å²) in [6, 6.07) is 1.59. The van der Waals surface area contributed by atoms with Gasteiger partial charge in [-0.15, -0.1) is 0 Å². The Morgan fingerprint density at radius 3 is 3.00 bits per heavy atom. The van der Waals surface area contributed by atoms with Crippen LogP contribution in [0.3, 0.4) is 0 Å². The Kier molecular flexibility index (Phi) is 4.72. The lowest BCUT2D eigenvalue weighted by atomic mass is 10.2. The van der Waals surface area contributed by atoms with Crippen LogP contribution in [0.25, 0.3) is 0 Å². The monoisotopic (exact) mass is 224 g/mol. The van der Waals surface area contributed by atoms with Crippen molar-refractivity contribution < 1.29 is 15.0 Å². The van der Waals surface area contributed by atoms with E-state index < -0.39 is 12.1 Å². The van der Waals surface area contributed by atoms with Gasteiger partial charge in [0.05, 0.1) is 11.8 Å². The minimum absolute atomic E-state index is 0.117. The molecule has 5 nitrogen and oxygen atoms in total. The predicted molar refractivity (Wildman–Crippen MR) is 60.6 cm³/mol. The Morgan fingerprint density at radius 2 is 2.38 bits per heavy atom. The number of carboxylic acids is 1. The number of carbonyl (C=O) groups is 1. The highest BCUT2D eigenvalue weighted by Crippen LogP contribution is 2.13. The molecule has 88 valence electrons. The van der Waals surface area contributed by atoms with Crippen molar-refractivity contribution in [3.05, 3.63) is 24.0 Å². The fourth-order valence-corrected chi connectivity index (χ4v) is 1.38. The summed E-state index contributed by atoms with van der Waals surface area (Å²) in [6.45, 7) is 2.33. The number of hydrogen-bond acceptors (Lipinski definition) is 4. The Balaban J connectivity index is 2.63. The van der Waals surface area contributed by atoms with E-state index in [9.17, 15) is 9.90 Å². The number of anilines is 1. The highest BCUT2D eigenvalue weighted by Gasteiger charge is 2.10. The highest BCUT2D eigenvalue weighted by atomic mass is 16.4. The van der Waals surface area contributed by atoms with Crippen LogP contribution >= 0.6 is 0 Å². The minimum atomic E-state index is -1.03. The van der Waals surface area contributed by atoms with Gasteiger partial charge in [0.25, 0.3) is 0 Å². The zero-order chi connectivity index (χ0) is 12.0. The van der Waals surface area contributed by atoms with Crippen LogP contribution in [-0.2, 0) is 0 Å². The lowest BCUT2D eigenvalue weighted by molar-refractivity contribution is 0.0697. The van der Waals surface area contributed by atoms with E-state index in [2.05, 4.69) is 10.3 Å². The van der Waals surface area contributed by atoms with Crippen LogP contribution < -0.4 is 5.32 Å². The molecule has 1 atom stereocenters. The Labute approximate surface area is 94.1 Å². The van der Waals surface area contributed by atoms with Crippen molar-refractivity contribution in [1.82, 2.24) is 4.98 Å². The molecule has 1 unspecified atom stereocenters. The van der Waals surface area contributed by atoms with Gasteiger partial charge in [-0.1, -0.05) is 13.3 Å². The zero-order valence-corrected chi connectivity index (χ0v) is 9.18. The van der Waals surface area contributed by atoms with Gasteiger partial charge in [-0.2, -0.15) is 0 Å². The fraction of sp³-hybridized carbons (Fsp3) is 0.455. The van der Waals surface area contributed by atoms with Crippen molar-refractivity contribution in [1.29, 1.82) is 0 Å². The number of aliphatic hydroxyl groups is 1. The molecule has 1 aromatic rings. The van der Waals surface area contributed by atoms with E-state index in [0.717, 1.165) is 6.42 Å². The van der Waals surface area contributed by atoms with E-state index in [1.807, 2.05) is 6.92 Å². The van der Waals surface area contributed by atoms with Crippen LogP contribution in [-0.4, -0.2) is 33.8 Å². The van der Waals surface area contributed by atoms with E-state index in [-0.39, 0.29) is 5.56 Å². The summed E-state index contributed by atoms with van der Waals surface area (Å²) in [6.07, 6.45) is 3.93. The van der Waals surface area contributed by atoms with Crippen molar-refractivity contribution in [2.75, 3.05) is 11.9 Å². The molecule has 1 aromatic heterocycles. The van der Waals surface area contributed by atoms with Gasteiger partial charge in [0.2, 0.25) is 0 Å². The van der Waals surface area contributed by atoms with Crippen molar-refractivity contribution in [3.63, 3.8) is 0 Å². The first kappa shape index (κ1) is 12.4. The second kappa shape index (κ2) is 6.07. The van der Waals surface area contributed by atoms with Gasteiger partial charge < -0.3 is 15.5 Å². The van der Waals surface area contributed by atoms with E-state index in [0.29, 0.717) is 18.7 Å². The summed E-state index contributed by atoms with van der Waals surface area (Å²) in [5.74, 6) is -1.03. The van der Waals surface area contributed by atoms with Crippen LogP contribution in [0.2, 0.25) is 0 Å². The smallest absolute Gasteiger partial charge is 0.339 e. The standard InChI is InChI=1S/C11H16N2O3/c1-2-3-8(14)6-13-10-4-5-12-7-9(10)11(15)16/h4-5,7-8,14H,2-3,6H2,1H3,(H,12,13)(H,15,16). The summed E-state index contributed by atoms with van der Waals surface area (Å²) in [5, 5.41) is 21.3. The molecule has 3 N–H and O–H groups in total. The molecular formula is C11H16N2O3. The molecule has 16 heavy (non-hydrogen) atoms. The average molecular weight is 224 g/mol. The number of nitrogens with one attached hydrogen (secondary N) is 1. The summed E-state index contributed by atoms with van der Waals surface area (Å²) >= 11 is 0. The Bertz CT molecular complexity index is 355. The van der Waals surface area contributed by atoms with E-state index in [1.165, 1.54) is 12.4 Å². The maximum Gasteiger partial charge on any atom is 0.339 e. The molecule has 0 amide bonds. The molecule has 0 spiro atoms. The molecule has 0 radical (unpaired) electrons. The first-order valence-corrected chi connectivity index (χ1v) is 5.24. The van der Waals surface area contributed by atoms with Crippen molar-refractivity contribution in [2.45, 2.75) is 25.9 Å². The number of aromatic carboxylic acids is 1. The number of aliphatic hydroxyl groups excluding tert-OH is 1. The Morgan fingerprint density at radius 1 is 1.62 bits per heavy atom. The molecule has 0 aromatic carbocycles. The summed E-state index contributed by atoms with van der Waals surface area (Å²) < 4.78 is 0. The number of nitrogens with zero attached hydrogens (tertiary/aromatic N) is 1. The number of carboxylic acid groups (broad SMARTS) is 1. The van der Waals surface area contributed by atoms with Crippen LogP contribution in [0.4, 0.5) is 5.69 Å². The number of rotatable bonds is 6. The van der Waals surface area contributed by atoms with Gasteiger partial charge in [0, 0.05) is 18.9 Å². The lowest BCUT2D eigenvalue weighted by Crippen LogP contribution is -2.20. The normalized spacial score (nSPS) is 12.1. The van der Waals surface area contributed by atoms with Crippen LogP contribution in [0.5, 0.6) is 0 Å². The summed E-state index contributed by atoms with van der Waals surface area (Å²) in [5.41, 5.74) is 0.601. The first-order valence-electron chi connectivity index (χ1n) is 5.24. The molecule has 1 heterocycles. The maximum atomic E-state index is 10.8. The van der Waals surface area contributed by atoms with Gasteiger partial charge in [-0.05, 0) is 12.5 Å². The number of hydrogen-bond donors (Lipinski definition) is 3. The molecule has 5 heteroatoms. The lowest BCUT2D eigenvalue weighted by Gasteiger charge is -2.13. The first-order chi connectivity index (χ1) is 7.65. The molecule has 0 bridgehead atoms. The van der Waals surface area contributed by atoms with Crippen LogP contribution in [0.1, 0.15) is 30.1 Å². The second-order valence-corrected chi connectivity index (χ2v) is 3.55. The van der Waals surface area contributed by atoms with Gasteiger partial charge in [-0.25, -0.2) is 4.79 Å². The summed E-state index contributed by atoms with van der Waals surface area (Å²) in [4.78, 5) is 14.6. The number of pyridine rings is 1. The molecule has 1 rings (SSSR count). The second-order valence-electron chi connectivity index (χ2n) is 3.55. The summed E-state index contributed by atoms with van der Waals surface area (Å²) in [7, 11) is 0. The third-order valence-corrected chi connectivity index (χ3v) is 2.20. The van der Waals surface area contributed by atoms with Crippen molar-refractivity contribution >= 4 is 11.7 Å². The van der Waals surface area contributed by atoms with E-state index >= 15 is 0 Å². The zero-order valence-electron chi connectivity index (χ0n) is 9.18. The number of aromatic nitrogens is 1. The van der Waals surface area contributed by atoms with Gasteiger partial charge >= 0.3 is 5.97 Å². The predicted octanol–water partition coefficient (Wildman–Crippen LogP) is 1.35. The van der Waals surface area contributed by atoms with Crippen LogP contribution in [0.15, 0.2) is 18.5 Å². The largest absolute Gasteiger partial charge is 0.478 e. The third kappa shape index (κ3) is 3.51. The van der Waals surface area contributed by atoms with Crippen LogP contribution in [0, 0.1) is 0 Å². The fourth-order valence-electron chi connectivity index (χ4n) is 1.38. The molecule has 0 aliphatic carbocycles. The average Bonchev–Trinajstić information content (AvgIpc) is 2.27. The van der Waals surface area contributed by atoms with Crippen molar-refractivity contribution in [3.8, 4) is 0 Å². The quantitative estimate of drug-likeness (QED) is 0.679. The van der Waals surface area contributed by atoms with E-state index in [4.69, 9.17) is 5.11 Å². The minimum Gasteiger partial charge on any atom is -0.478 e. The molecular weight excluding hydrogens is 208 g/mol. The topological polar surface area (TPSA) is 82.5 Å². The maximum absolute atomic E-state index is 10.8. The molecule has 0 saturated carbocycles. The molecule has 0 saturated heterocycles. The van der Waals surface area contributed by atoms with Gasteiger partial charge in [0.1, 0.15) is 5.56 Å².